The van der Waals surface area contributed by atoms with Crippen LogP contribution in [0.1, 0.15) is 29.2 Å². The van der Waals surface area contributed by atoms with Crippen molar-refractivity contribution in [1.29, 1.82) is 0 Å². The zero-order valence-electron chi connectivity index (χ0n) is 15.7. The molecule has 0 spiro atoms. The summed E-state index contributed by atoms with van der Waals surface area (Å²) in [5.41, 5.74) is 5.30. The molecule has 0 saturated heterocycles. The maximum absolute atomic E-state index is 12.4. The van der Waals surface area contributed by atoms with Crippen LogP contribution in [0.4, 0.5) is 4.79 Å². The molecule has 2 aromatic carbocycles. The number of rotatable bonds is 7. The first-order valence-corrected chi connectivity index (χ1v) is 9.42. The van der Waals surface area contributed by atoms with E-state index in [1.807, 2.05) is 36.4 Å². The number of H-pyrrole nitrogens is 1. The smallest absolute Gasteiger partial charge is 0.407 e. The minimum Gasteiger partial charge on any atom is -0.481 e. The summed E-state index contributed by atoms with van der Waals surface area (Å²) in [5, 5.41) is 11.8. The van der Waals surface area contributed by atoms with Gasteiger partial charge in [0.25, 0.3) is 0 Å². The van der Waals surface area contributed by atoms with E-state index in [0.717, 1.165) is 27.9 Å². The molecule has 1 unspecified atom stereocenters. The molecule has 1 heterocycles. The second-order valence-corrected chi connectivity index (χ2v) is 7.05. The predicted octanol–water partition coefficient (Wildman–Crippen LogP) is 3.33. The van der Waals surface area contributed by atoms with Gasteiger partial charge in [0.15, 0.2) is 0 Å². The number of hydrogen-bond donors (Lipinski definition) is 3. The molecule has 7 nitrogen and oxygen atoms in total. The fraction of sp³-hybridized carbons (Fsp3) is 0.227. The maximum atomic E-state index is 12.4. The Morgan fingerprint density at radius 1 is 1.10 bits per heavy atom. The summed E-state index contributed by atoms with van der Waals surface area (Å²) < 4.78 is 5.50. The van der Waals surface area contributed by atoms with E-state index in [9.17, 15) is 9.59 Å². The average molecular weight is 391 g/mol. The normalized spacial score (nSPS) is 13.4. The van der Waals surface area contributed by atoms with Gasteiger partial charge in [0, 0.05) is 30.3 Å². The lowest BCUT2D eigenvalue weighted by Gasteiger charge is -2.18. The number of nitrogens with one attached hydrogen (secondary N) is 2. The number of amides is 1. The van der Waals surface area contributed by atoms with Crippen LogP contribution < -0.4 is 5.32 Å². The van der Waals surface area contributed by atoms with E-state index < -0.39 is 18.1 Å². The molecule has 1 aromatic heterocycles. The summed E-state index contributed by atoms with van der Waals surface area (Å²) in [6.45, 7) is 0.184. The molecular weight excluding hydrogens is 370 g/mol. The molecule has 0 fully saturated rings. The highest BCUT2D eigenvalue weighted by Gasteiger charge is 2.29. The number of imidazole rings is 1. The standard InChI is InChI=1S/C22H21N3O4/c26-21(27)10-14(9-15-11-23-13-24-15)25-22(28)29-12-20-18-7-3-1-5-16(18)17-6-2-4-8-19(17)20/h1-8,11,13-14,20H,9-10,12H2,(H,23,24)(H,25,28)(H,26,27). The molecular formula is C22H21N3O4. The molecule has 7 heteroatoms. The van der Waals surface area contributed by atoms with Gasteiger partial charge < -0.3 is 20.1 Å². The number of carboxylic acids is 1. The first-order chi connectivity index (χ1) is 14.1. The Morgan fingerprint density at radius 3 is 2.34 bits per heavy atom. The van der Waals surface area contributed by atoms with Gasteiger partial charge in [-0.15, -0.1) is 0 Å². The zero-order valence-corrected chi connectivity index (χ0v) is 15.7. The molecule has 4 rings (SSSR count). The van der Waals surface area contributed by atoms with Crippen molar-refractivity contribution in [3.05, 3.63) is 77.9 Å². The Kier molecular flexibility index (Phi) is 5.29. The van der Waals surface area contributed by atoms with E-state index >= 15 is 0 Å². The van der Waals surface area contributed by atoms with Crippen LogP contribution in [-0.4, -0.2) is 39.8 Å². The lowest BCUT2D eigenvalue weighted by atomic mass is 9.98. The highest BCUT2D eigenvalue weighted by atomic mass is 16.5. The van der Waals surface area contributed by atoms with Gasteiger partial charge in [0.05, 0.1) is 12.7 Å². The van der Waals surface area contributed by atoms with Crippen LogP contribution in [0.2, 0.25) is 0 Å². The van der Waals surface area contributed by atoms with Gasteiger partial charge in [-0.25, -0.2) is 9.78 Å². The third-order valence-corrected chi connectivity index (χ3v) is 5.11. The molecule has 0 radical (unpaired) electrons. The fourth-order valence-electron chi connectivity index (χ4n) is 3.85. The van der Waals surface area contributed by atoms with E-state index in [2.05, 4.69) is 27.4 Å². The number of ether oxygens (including phenoxy) is 1. The van der Waals surface area contributed by atoms with Crippen molar-refractivity contribution in [2.24, 2.45) is 0 Å². The molecule has 148 valence electrons. The van der Waals surface area contributed by atoms with E-state index in [-0.39, 0.29) is 18.9 Å². The van der Waals surface area contributed by atoms with E-state index in [4.69, 9.17) is 9.84 Å². The summed E-state index contributed by atoms with van der Waals surface area (Å²) >= 11 is 0. The lowest BCUT2D eigenvalue weighted by molar-refractivity contribution is -0.137. The zero-order chi connectivity index (χ0) is 20.2. The number of aromatic nitrogens is 2. The van der Waals surface area contributed by atoms with Crippen LogP contribution in [0.3, 0.4) is 0 Å². The first kappa shape index (κ1) is 18.7. The van der Waals surface area contributed by atoms with Crippen molar-refractivity contribution >= 4 is 12.1 Å². The molecule has 3 aromatic rings. The molecule has 0 aliphatic heterocycles. The topological polar surface area (TPSA) is 104 Å². The van der Waals surface area contributed by atoms with Crippen LogP contribution in [0, 0.1) is 0 Å². The molecule has 1 amide bonds. The fourth-order valence-corrected chi connectivity index (χ4v) is 3.85. The number of carbonyl (C=O) groups is 2. The number of carboxylic acid groups (broad SMARTS) is 1. The summed E-state index contributed by atoms with van der Waals surface area (Å²) in [7, 11) is 0. The Hall–Kier alpha value is -3.61. The number of aliphatic carboxylic acids is 1. The second-order valence-electron chi connectivity index (χ2n) is 7.05. The monoisotopic (exact) mass is 391 g/mol. The van der Waals surface area contributed by atoms with Gasteiger partial charge in [-0.1, -0.05) is 48.5 Å². The molecule has 0 bridgehead atoms. The number of aromatic amines is 1. The summed E-state index contributed by atoms with van der Waals surface area (Å²) in [5.74, 6) is -1.04. The van der Waals surface area contributed by atoms with Crippen LogP contribution in [-0.2, 0) is 16.0 Å². The summed E-state index contributed by atoms with van der Waals surface area (Å²) in [6.07, 6.45) is 2.62. The van der Waals surface area contributed by atoms with Crippen molar-refractivity contribution in [1.82, 2.24) is 15.3 Å². The van der Waals surface area contributed by atoms with Crippen molar-refractivity contribution in [2.45, 2.75) is 24.8 Å². The van der Waals surface area contributed by atoms with E-state index in [0.29, 0.717) is 6.42 Å². The van der Waals surface area contributed by atoms with Gasteiger partial charge in [-0.3, -0.25) is 4.79 Å². The molecule has 1 atom stereocenters. The number of benzene rings is 2. The van der Waals surface area contributed by atoms with Gasteiger partial charge in [0.2, 0.25) is 0 Å². The van der Waals surface area contributed by atoms with Crippen molar-refractivity contribution in [3.63, 3.8) is 0 Å². The quantitative estimate of drug-likeness (QED) is 0.573. The van der Waals surface area contributed by atoms with Crippen molar-refractivity contribution < 1.29 is 19.4 Å². The van der Waals surface area contributed by atoms with Crippen LogP contribution >= 0.6 is 0 Å². The summed E-state index contributed by atoms with van der Waals surface area (Å²) in [6, 6.07) is 15.6. The van der Waals surface area contributed by atoms with Gasteiger partial charge in [-0.05, 0) is 22.3 Å². The number of alkyl carbamates (subject to hydrolysis) is 1. The minimum absolute atomic E-state index is 0.0429. The lowest BCUT2D eigenvalue weighted by Crippen LogP contribution is -2.39. The van der Waals surface area contributed by atoms with Crippen molar-refractivity contribution in [2.75, 3.05) is 6.61 Å². The van der Waals surface area contributed by atoms with E-state index in [1.54, 1.807) is 6.20 Å². The Balaban J connectivity index is 1.43. The molecule has 3 N–H and O–H groups in total. The number of hydrogen-bond acceptors (Lipinski definition) is 4. The second kappa shape index (κ2) is 8.18. The average Bonchev–Trinajstić information content (AvgIpc) is 3.32. The van der Waals surface area contributed by atoms with Crippen LogP contribution in [0.5, 0.6) is 0 Å². The van der Waals surface area contributed by atoms with Gasteiger partial charge >= 0.3 is 12.1 Å². The molecule has 0 saturated carbocycles. The largest absolute Gasteiger partial charge is 0.481 e. The molecule has 1 aliphatic carbocycles. The Bertz CT molecular complexity index is 971. The summed E-state index contributed by atoms with van der Waals surface area (Å²) in [4.78, 5) is 30.4. The predicted molar refractivity (Wildman–Crippen MR) is 107 cm³/mol. The van der Waals surface area contributed by atoms with Crippen LogP contribution in [0.25, 0.3) is 11.1 Å². The first-order valence-electron chi connectivity index (χ1n) is 9.42. The van der Waals surface area contributed by atoms with Crippen molar-refractivity contribution in [3.8, 4) is 11.1 Å². The molecule has 1 aliphatic rings. The maximum Gasteiger partial charge on any atom is 0.407 e. The number of nitrogens with zero attached hydrogens (tertiary/aromatic N) is 1. The van der Waals surface area contributed by atoms with E-state index in [1.165, 1.54) is 6.33 Å². The Morgan fingerprint density at radius 2 is 1.76 bits per heavy atom. The third kappa shape index (κ3) is 4.13. The SMILES string of the molecule is O=C(O)CC(Cc1cnc[nH]1)NC(=O)OCC1c2ccccc2-c2ccccc21. The highest BCUT2D eigenvalue weighted by molar-refractivity contribution is 5.79. The minimum atomic E-state index is -0.992. The van der Waals surface area contributed by atoms with Gasteiger partial charge in [0.1, 0.15) is 6.61 Å². The Labute approximate surface area is 167 Å². The van der Waals surface area contributed by atoms with Crippen LogP contribution in [0.15, 0.2) is 61.1 Å². The third-order valence-electron chi connectivity index (χ3n) is 5.11. The molecule has 29 heavy (non-hydrogen) atoms. The number of fused-ring (bicyclic) bond motifs is 3. The number of carbonyl (C=O) groups excluding carboxylic acids is 1. The van der Waals surface area contributed by atoms with Gasteiger partial charge in [-0.2, -0.15) is 0 Å². The highest BCUT2D eigenvalue weighted by Crippen LogP contribution is 2.44.